The third-order valence-corrected chi connectivity index (χ3v) is 3.24. The maximum absolute atomic E-state index is 13.0. The Bertz CT molecular complexity index is 425. The molecule has 0 heterocycles. The highest BCUT2D eigenvalue weighted by atomic mass is 19.4. The van der Waals surface area contributed by atoms with E-state index in [4.69, 9.17) is 0 Å². The van der Waals surface area contributed by atoms with E-state index in [0.29, 0.717) is 11.1 Å². The molecule has 1 aromatic carbocycles. The zero-order valence-electron chi connectivity index (χ0n) is 9.23. The molecule has 1 unspecified atom stereocenters. The quantitative estimate of drug-likeness (QED) is 0.668. The van der Waals surface area contributed by atoms with Gasteiger partial charge < -0.3 is 0 Å². The lowest BCUT2D eigenvalue weighted by Crippen LogP contribution is -2.31. The first kappa shape index (κ1) is 11.2. The molecule has 3 heteroatoms. The van der Waals surface area contributed by atoms with Crippen molar-refractivity contribution in [1.82, 2.24) is 0 Å². The summed E-state index contributed by atoms with van der Waals surface area (Å²) < 4.78 is 38.9. The highest BCUT2D eigenvalue weighted by Crippen LogP contribution is 2.57. The van der Waals surface area contributed by atoms with Gasteiger partial charge in [-0.3, -0.25) is 0 Å². The fourth-order valence-electron chi connectivity index (χ4n) is 2.07. The van der Waals surface area contributed by atoms with Crippen molar-refractivity contribution in [1.29, 1.82) is 0 Å². The van der Waals surface area contributed by atoms with E-state index < -0.39 is 11.6 Å². The summed E-state index contributed by atoms with van der Waals surface area (Å²) in [4.78, 5) is 0. The van der Waals surface area contributed by atoms with Crippen molar-refractivity contribution in [2.24, 2.45) is 0 Å². The normalized spacial score (nSPS) is 24.2. The van der Waals surface area contributed by atoms with Crippen LogP contribution in [-0.2, 0) is 11.8 Å². The Kier molecular flexibility index (Phi) is 2.37. The summed E-state index contributed by atoms with van der Waals surface area (Å²) in [5, 5.41) is 0. The summed E-state index contributed by atoms with van der Waals surface area (Å²) in [5.74, 6) is 0. The van der Waals surface area contributed by atoms with Crippen LogP contribution < -0.4 is 0 Å². The molecule has 16 heavy (non-hydrogen) atoms. The molecule has 0 nitrogen and oxygen atoms in total. The minimum atomic E-state index is -4.22. The third-order valence-electron chi connectivity index (χ3n) is 3.24. The maximum Gasteiger partial charge on any atom is 0.405 e. The first-order valence-electron chi connectivity index (χ1n) is 5.28. The molecule has 2 rings (SSSR count). The fourth-order valence-corrected chi connectivity index (χ4v) is 2.07. The van der Waals surface area contributed by atoms with Gasteiger partial charge in [0, 0.05) is 0 Å². The van der Waals surface area contributed by atoms with Crippen molar-refractivity contribution in [3.63, 3.8) is 0 Å². The number of hydrogen-bond donors (Lipinski definition) is 0. The van der Waals surface area contributed by atoms with Crippen molar-refractivity contribution >= 4 is 0 Å². The molecule has 0 saturated carbocycles. The van der Waals surface area contributed by atoms with E-state index in [1.165, 1.54) is 13.0 Å². The molecule has 0 aliphatic heterocycles. The molecule has 1 aliphatic carbocycles. The average Bonchev–Trinajstić information content (AvgIpc) is 2.91. The minimum absolute atomic E-state index is 0.328. The molecular weight excluding hydrogens is 213 g/mol. The van der Waals surface area contributed by atoms with Gasteiger partial charge in [-0.2, -0.15) is 13.2 Å². The lowest BCUT2D eigenvalue weighted by molar-refractivity contribution is -0.154. The molecule has 0 N–H and O–H groups in total. The second-order valence-electron chi connectivity index (χ2n) is 4.18. The van der Waals surface area contributed by atoms with Crippen LogP contribution in [0.25, 0.3) is 0 Å². The highest BCUT2D eigenvalue weighted by molar-refractivity contribution is 5.56. The van der Waals surface area contributed by atoms with Gasteiger partial charge in [-0.05, 0) is 24.5 Å². The number of allylic oxidation sites excluding steroid dienone is 2. The summed E-state index contributed by atoms with van der Waals surface area (Å²) in [5.41, 5.74) is -0.00227. The predicted molar refractivity (Wildman–Crippen MR) is 57.3 cm³/mol. The number of hydrogen-bond acceptors (Lipinski definition) is 0. The van der Waals surface area contributed by atoms with Gasteiger partial charge in [0.25, 0.3) is 0 Å². The maximum atomic E-state index is 13.0. The topological polar surface area (TPSA) is 0 Å². The van der Waals surface area contributed by atoms with Crippen LogP contribution in [0.1, 0.15) is 25.0 Å². The van der Waals surface area contributed by atoms with Crippen LogP contribution in [-0.4, -0.2) is 6.18 Å². The monoisotopic (exact) mass is 226 g/mol. The number of benzene rings is 1. The predicted octanol–water partition coefficient (Wildman–Crippen LogP) is 4.01. The molecule has 86 valence electrons. The van der Waals surface area contributed by atoms with Crippen molar-refractivity contribution in [2.45, 2.75) is 31.9 Å². The number of rotatable bonds is 2. The Hall–Kier alpha value is -1.25. The number of alkyl halides is 3. The summed E-state index contributed by atoms with van der Waals surface area (Å²) in [6, 6.07) is 6.70. The van der Waals surface area contributed by atoms with E-state index in [1.54, 1.807) is 24.3 Å². The van der Waals surface area contributed by atoms with Crippen LogP contribution in [0, 0.1) is 0 Å². The molecule has 0 radical (unpaired) electrons. The van der Waals surface area contributed by atoms with Gasteiger partial charge in [-0.25, -0.2) is 0 Å². The Morgan fingerprint density at radius 3 is 1.94 bits per heavy atom. The van der Waals surface area contributed by atoms with Gasteiger partial charge in [0.05, 0.1) is 0 Å². The Morgan fingerprint density at radius 1 is 1.12 bits per heavy atom. The standard InChI is InChI=1S/C13H13F3/c1-3-10-4-6-11(7-5-10)12(8-9(12)2)13(14,15)16/h4-8H,3H2,1-2H3. The lowest BCUT2D eigenvalue weighted by Gasteiger charge is -2.22. The van der Waals surface area contributed by atoms with Gasteiger partial charge in [0.2, 0.25) is 0 Å². The molecular formula is C13H13F3. The molecule has 1 atom stereocenters. The molecule has 0 aromatic heterocycles. The van der Waals surface area contributed by atoms with Crippen LogP contribution in [0.4, 0.5) is 13.2 Å². The van der Waals surface area contributed by atoms with Crippen molar-refractivity contribution in [3.8, 4) is 0 Å². The van der Waals surface area contributed by atoms with E-state index in [2.05, 4.69) is 0 Å². The SMILES string of the molecule is CCc1ccc(C2(C(F)(F)F)C=C2C)cc1. The third kappa shape index (κ3) is 1.46. The Morgan fingerprint density at radius 2 is 1.62 bits per heavy atom. The van der Waals surface area contributed by atoms with Crippen molar-refractivity contribution in [3.05, 3.63) is 47.0 Å². The highest BCUT2D eigenvalue weighted by Gasteiger charge is 2.62. The second-order valence-corrected chi connectivity index (χ2v) is 4.18. The van der Waals surface area contributed by atoms with E-state index in [9.17, 15) is 13.2 Å². The molecule has 1 aliphatic rings. The minimum Gasteiger partial charge on any atom is -0.169 e. The van der Waals surface area contributed by atoms with Crippen LogP contribution >= 0.6 is 0 Å². The van der Waals surface area contributed by atoms with E-state index in [-0.39, 0.29) is 0 Å². The molecule has 0 saturated heterocycles. The van der Waals surface area contributed by atoms with Crippen molar-refractivity contribution in [2.75, 3.05) is 0 Å². The van der Waals surface area contributed by atoms with E-state index in [1.807, 2.05) is 6.92 Å². The Labute approximate surface area is 92.8 Å². The molecule has 0 spiro atoms. The van der Waals surface area contributed by atoms with Crippen molar-refractivity contribution < 1.29 is 13.2 Å². The van der Waals surface area contributed by atoms with E-state index >= 15 is 0 Å². The van der Waals surface area contributed by atoms with Gasteiger partial charge in [0.1, 0.15) is 5.41 Å². The second kappa shape index (κ2) is 3.37. The van der Waals surface area contributed by atoms with Crippen LogP contribution in [0.2, 0.25) is 0 Å². The zero-order chi connectivity index (χ0) is 12.0. The average molecular weight is 226 g/mol. The van der Waals surface area contributed by atoms with Gasteiger partial charge in [0.15, 0.2) is 0 Å². The molecule has 0 amide bonds. The first-order valence-corrected chi connectivity index (χ1v) is 5.28. The largest absolute Gasteiger partial charge is 0.405 e. The van der Waals surface area contributed by atoms with E-state index in [0.717, 1.165) is 12.0 Å². The van der Waals surface area contributed by atoms with Gasteiger partial charge in [-0.15, -0.1) is 0 Å². The first-order chi connectivity index (χ1) is 7.41. The summed E-state index contributed by atoms with van der Waals surface area (Å²) >= 11 is 0. The summed E-state index contributed by atoms with van der Waals surface area (Å²) in [6.45, 7) is 3.51. The van der Waals surface area contributed by atoms with Gasteiger partial charge in [-0.1, -0.05) is 42.8 Å². The van der Waals surface area contributed by atoms with Gasteiger partial charge >= 0.3 is 6.18 Å². The van der Waals surface area contributed by atoms with Crippen LogP contribution in [0.15, 0.2) is 35.9 Å². The molecule has 0 bridgehead atoms. The summed E-state index contributed by atoms with van der Waals surface area (Å²) in [6.07, 6.45) is -2.09. The smallest absolute Gasteiger partial charge is 0.169 e. The molecule has 1 aromatic rings. The zero-order valence-corrected chi connectivity index (χ0v) is 9.23. The Balaban J connectivity index is 2.36. The van der Waals surface area contributed by atoms with Crippen LogP contribution in [0.3, 0.4) is 0 Å². The van der Waals surface area contributed by atoms with Crippen LogP contribution in [0.5, 0.6) is 0 Å². The fraction of sp³-hybridized carbons (Fsp3) is 0.385. The number of aryl methyl sites for hydroxylation is 1. The molecule has 0 fully saturated rings. The number of halogens is 3. The summed E-state index contributed by atoms with van der Waals surface area (Å²) in [7, 11) is 0. The lowest BCUT2D eigenvalue weighted by atomic mass is 9.89.